The van der Waals surface area contributed by atoms with E-state index >= 15 is 0 Å². The molecule has 0 spiro atoms. The average Bonchev–Trinajstić information content (AvgIpc) is 2.96. The Morgan fingerprint density at radius 3 is 2.22 bits per heavy atom. The molecule has 1 saturated heterocycles. The number of carbonyl (C=O) groups excluding carboxylic acids is 2. The van der Waals surface area contributed by atoms with Crippen molar-refractivity contribution in [3.63, 3.8) is 0 Å². The highest BCUT2D eigenvalue weighted by molar-refractivity contribution is 5.95. The summed E-state index contributed by atoms with van der Waals surface area (Å²) in [4.78, 5) is 27.6. The van der Waals surface area contributed by atoms with Crippen LogP contribution in [0, 0.1) is 6.92 Å². The first-order chi connectivity index (χ1) is 11.1. The van der Waals surface area contributed by atoms with Gasteiger partial charge in [0.1, 0.15) is 0 Å². The molecule has 0 aliphatic carbocycles. The summed E-state index contributed by atoms with van der Waals surface area (Å²) in [5, 5.41) is 4.35. The fourth-order valence-electron chi connectivity index (χ4n) is 2.84. The molecule has 23 heavy (non-hydrogen) atoms. The van der Waals surface area contributed by atoms with Gasteiger partial charge in [-0.05, 0) is 19.1 Å². The van der Waals surface area contributed by atoms with Crippen LogP contribution in [0.15, 0.2) is 36.5 Å². The first-order valence-electron chi connectivity index (χ1n) is 7.73. The van der Waals surface area contributed by atoms with Crippen LogP contribution in [0.3, 0.4) is 0 Å². The second kappa shape index (κ2) is 6.24. The zero-order valence-electron chi connectivity index (χ0n) is 13.4. The number of aromatic nitrogens is 2. The van der Waals surface area contributed by atoms with E-state index in [-0.39, 0.29) is 11.8 Å². The van der Waals surface area contributed by atoms with Gasteiger partial charge in [-0.3, -0.25) is 9.59 Å². The fraction of sp³-hybridized carbons (Fsp3) is 0.353. The van der Waals surface area contributed by atoms with Crippen LogP contribution in [0.1, 0.15) is 23.0 Å². The van der Waals surface area contributed by atoms with Gasteiger partial charge in [0.15, 0.2) is 0 Å². The second-order valence-corrected chi connectivity index (χ2v) is 5.69. The highest BCUT2D eigenvalue weighted by atomic mass is 16.2. The summed E-state index contributed by atoms with van der Waals surface area (Å²) in [5.41, 5.74) is 2.38. The molecule has 2 heterocycles. The van der Waals surface area contributed by atoms with Crippen LogP contribution in [0.5, 0.6) is 0 Å². The minimum absolute atomic E-state index is 0.0205. The summed E-state index contributed by atoms with van der Waals surface area (Å²) in [6.45, 7) is 5.77. The van der Waals surface area contributed by atoms with E-state index in [9.17, 15) is 9.59 Å². The lowest BCUT2D eigenvalue weighted by molar-refractivity contribution is -0.130. The second-order valence-electron chi connectivity index (χ2n) is 5.69. The van der Waals surface area contributed by atoms with E-state index in [0.29, 0.717) is 31.7 Å². The highest BCUT2D eigenvalue weighted by Gasteiger charge is 2.25. The van der Waals surface area contributed by atoms with Crippen molar-refractivity contribution in [2.75, 3.05) is 26.2 Å². The SMILES string of the molecule is CC(=O)N1CCN(C(=O)c2cnn(-c3ccccc3)c2C)CC1. The molecule has 1 fully saturated rings. The van der Waals surface area contributed by atoms with Gasteiger partial charge in [-0.25, -0.2) is 4.68 Å². The predicted octanol–water partition coefficient (Wildman–Crippen LogP) is 1.49. The van der Waals surface area contributed by atoms with Crippen LogP contribution < -0.4 is 0 Å². The lowest BCUT2D eigenvalue weighted by Gasteiger charge is -2.34. The molecule has 1 aromatic carbocycles. The lowest BCUT2D eigenvalue weighted by Crippen LogP contribution is -2.50. The van der Waals surface area contributed by atoms with Crippen molar-refractivity contribution in [2.24, 2.45) is 0 Å². The molecule has 120 valence electrons. The van der Waals surface area contributed by atoms with Crippen LogP contribution in [0.2, 0.25) is 0 Å². The van der Waals surface area contributed by atoms with Gasteiger partial charge in [0.25, 0.3) is 5.91 Å². The topological polar surface area (TPSA) is 58.4 Å². The fourth-order valence-corrected chi connectivity index (χ4v) is 2.84. The lowest BCUT2D eigenvalue weighted by atomic mass is 10.2. The third-order valence-corrected chi connectivity index (χ3v) is 4.25. The van der Waals surface area contributed by atoms with E-state index in [1.54, 1.807) is 27.6 Å². The van der Waals surface area contributed by atoms with E-state index in [2.05, 4.69) is 5.10 Å². The van der Waals surface area contributed by atoms with Crippen molar-refractivity contribution < 1.29 is 9.59 Å². The van der Waals surface area contributed by atoms with Crippen molar-refractivity contribution in [1.82, 2.24) is 19.6 Å². The van der Waals surface area contributed by atoms with E-state index in [1.807, 2.05) is 37.3 Å². The molecule has 6 nitrogen and oxygen atoms in total. The van der Waals surface area contributed by atoms with Gasteiger partial charge in [0.2, 0.25) is 5.91 Å². The first kappa shape index (κ1) is 15.3. The Labute approximate surface area is 135 Å². The zero-order chi connectivity index (χ0) is 16.4. The van der Waals surface area contributed by atoms with Gasteiger partial charge in [0.05, 0.1) is 23.1 Å². The van der Waals surface area contributed by atoms with Crippen molar-refractivity contribution >= 4 is 11.8 Å². The monoisotopic (exact) mass is 312 g/mol. The van der Waals surface area contributed by atoms with Gasteiger partial charge in [0, 0.05) is 33.1 Å². The van der Waals surface area contributed by atoms with E-state index in [4.69, 9.17) is 0 Å². The summed E-state index contributed by atoms with van der Waals surface area (Å²) in [6.07, 6.45) is 1.63. The molecule has 6 heteroatoms. The number of para-hydroxylation sites is 1. The van der Waals surface area contributed by atoms with Gasteiger partial charge in [-0.1, -0.05) is 18.2 Å². The number of rotatable bonds is 2. The number of nitrogens with zero attached hydrogens (tertiary/aromatic N) is 4. The Balaban J connectivity index is 1.77. The predicted molar refractivity (Wildman–Crippen MR) is 86.5 cm³/mol. The smallest absolute Gasteiger partial charge is 0.257 e. The zero-order valence-corrected chi connectivity index (χ0v) is 13.4. The molecule has 3 rings (SSSR count). The number of hydrogen-bond acceptors (Lipinski definition) is 3. The number of carbonyl (C=O) groups is 2. The van der Waals surface area contributed by atoms with Crippen molar-refractivity contribution in [1.29, 1.82) is 0 Å². The van der Waals surface area contributed by atoms with Gasteiger partial charge >= 0.3 is 0 Å². The molecule has 2 aromatic rings. The van der Waals surface area contributed by atoms with Crippen LogP contribution in [-0.4, -0.2) is 57.6 Å². The maximum absolute atomic E-state index is 12.7. The van der Waals surface area contributed by atoms with E-state index in [1.165, 1.54) is 0 Å². The quantitative estimate of drug-likeness (QED) is 0.844. The molecule has 1 aliphatic heterocycles. The molecule has 2 amide bonds. The molecule has 0 unspecified atom stereocenters. The molecular weight excluding hydrogens is 292 g/mol. The Morgan fingerprint density at radius 1 is 1.00 bits per heavy atom. The highest BCUT2D eigenvalue weighted by Crippen LogP contribution is 2.16. The maximum atomic E-state index is 12.7. The summed E-state index contributed by atoms with van der Waals surface area (Å²) in [7, 11) is 0. The number of amides is 2. The van der Waals surface area contributed by atoms with Crippen LogP contribution in [0.25, 0.3) is 5.69 Å². The summed E-state index contributed by atoms with van der Waals surface area (Å²) in [5.74, 6) is 0.0399. The molecule has 1 aromatic heterocycles. The molecule has 0 N–H and O–H groups in total. The van der Waals surface area contributed by atoms with Crippen LogP contribution in [0.4, 0.5) is 0 Å². The molecule has 0 bridgehead atoms. The molecule has 0 atom stereocenters. The molecular formula is C17H20N4O2. The largest absolute Gasteiger partial charge is 0.339 e. The summed E-state index contributed by atoms with van der Waals surface area (Å²) in [6, 6.07) is 9.75. The third kappa shape index (κ3) is 2.97. The Kier molecular flexibility index (Phi) is 4.14. The van der Waals surface area contributed by atoms with Crippen molar-refractivity contribution in [2.45, 2.75) is 13.8 Å². The van der Waals surface area contributed by atoms with E-state index < -0.39 is 0 Å². The van der Waals surface area contributed by atoms with E-state index in [0.717, 1.165) is 11.4 Å². The number of benzene rings is 1. The van der Waals surface area contributed by atoms with Gasteiger partial charge < -0.3 is 9.80 Å². The number of hydrogen-bond donors (Lipinski definition) is 0. The Morgan fingerprint density at radius 2 is 1.61 bits per heavy atom. The van der Waals surface area contributed by atoms with Gasteiger partial charge in [-0.2, -0.15) is 5.10 Å². The standard InChI is InChI=1S/C17H20N4O2/c1-13-16(12-18-21(13)15-6-4-3-5-7-15)17(23)20-10-8-19(9-11-20)14(2)22/h3-7,12H,8-11H2,1-2H3. The molecule has 1 aliphatic rings. The van der Waals surface area contributed by atoms with Gasteiger partial charge in [-0.15, -0.1) is 0 Å². The maximum Gasteiger partial charge on any atom is 0.257 e. The van der Waals surface area contributed by atoms with Crippen molar-refractivity contribution in [3.8, 4) is 5.69 Å². The first-order valence-corrected chi connectivity index (χ1v) is 7.73. The Hall–Kier alpha value is -2.63. The van der Waals surface area contributed by atoms with Crippen LogP contribution >= 0.6 is 0 Å². The van der Waals surface area contributed by atoms with Crippen molar-refractivity contribution in [3.05, 3.63) is 47.8 Å². The average molecular weight is 312 g/mol. The summed E-state index contributed by atoms with van der Waals surface area (Å²) < 4.78 is 1.78. The third-order valence-electron chi connectivity index (χ3n) is 4.25. The molecule has 0 saturated carbocycles. The van der Waals surface area contributed by atoms with Crippen LogP contribution in [-0.2, 0) is 4.79 Å². The summed E-state index contributed by atoms with van der Waals surface area (Å²) >= 11 is 0. The minimum Gasteiger partial charge on any atom is -0.339 e. The molecule has 0 radical (unpaired) electrons. The normalized spacial score (nSPS) is 14.9. The minimum atomic E-state index is -0.0205. The number of piperazine rings is 1. The Bertz CT molecular complexity index is 715.